The fourth-order valence-corrected chi connectivity index (χ4v) is 1.84. The third-order valence-corrected chi connectivity index (χ3v) is 2.98. The van der Waals surface area contributed by atoms with Crippen LogP contribution in [0.2, 0.25) is 0 Å². The van der Waals surface area contributed by atoms with Gasteiger partial charge in [0.15, 0.2) is 0 Å². The Labute approximate surface area is 123 Å². The van der Waals surface area contributed by atoms with E-state index in [-0.39, 0.29) is 18.1 Å². The van der Waals surface area contributed by atoms with Gasteiger partial charge < -0.3 is 25.0 Å². The third-order valence-electron chi connectivity index (χ3n) is 2.98. The molecule has 122 valence electrons. The highest BCUT2D eigenvalue weighted by atomic mass is 16.5. The number of hydrogen-bond acceptors (Lipinski definition) is 5. The van der Waals surface area contributed by atoms with Gasteiger partial charge in [0.25, 0.3) is 0 Å². The van der Waals surface area contributed by atoms with Crippen LogP contribution in [0.3, 0.4) is 0 Å². The van der Waals surface area contributed by atoms with E-state index >= 15 is 0 Å². The van der Waals surface area contributed by atoms with Gasteiger partial charge in [-0.15, -0.1) is 0 Å². The Kier molecular flexibility index (Phi) is 11.3. The van der Waals surface area contributed by atoms with Crippen molar-refractivity contribution in [3.8, 4) is 0 Å². The number of aliphatic hydroxyl groups excluding tert-OH is 2. The van der Waals surface area contributed by atoms with E-state index in [0.29, 0.717) is 26.4 Å². The molecule has 0 aliphatic carbocycles. The number of rotatable bonds is 13. The maximum atomic E-state index is 9.76. The highest BCUT2D eigenvalue weighted by Gasteiger charge is 2.17. The average molecular weight is 291 g/mol. The van der Waals surface area contributed by atoms with Gasteiger partial charge in [0.05, 0.1) is 32.0 Å². The molecule has 0 aromatic carbocycles. The van der Waals surface area contributed by atoms with Crippen LogP contribution >= 0.6 is 0 Å². The van der Waals surface area contributed by atoms with E-state index in [1.54, 1.807) is 0 Å². The molecular formula is C15H33NO4. The standard InChI is InChI=1S/C15H33NO4/c1-13(2)20-9-8-19-11-14(18)10-16-12-15(3,4)6-5-7-17/h13-14,16-18H,5-12H2,1-4H3. The van der Waals surface area contributed by atoms with Gasteiger partial charge in [-0.2, -0.15) is 0 Å². The number of hydrogen-bond donors (Lipinski definition) is 3. The molecule has 0 radical (unpaired) electrons. The van der Waals surface area contributed by atoms with E-state index in [1.165, 1.54) is 0 Å². The number of ether oxygens (including phenoxy) is 2. The molecule has 1 unspecified atom stereocenters. The second kappa shape index (κ2) is 11.5. The summed E-state index contributed by atoms with van der Waals surface area (Å²) in [6.07, 6.45) is 1.50. The molecule has 20 heavy (non-hydrogen) atoms. The molecule has 0 saturated heterocycles. The van der Waals surface area contributed by atoms with E-state index in [4.69, 9.17) is 14.6 Å². The fraction of sp³-hybridized carbons (Fsp3) is 1.00. The van der Waals surface area contributed by atoms with E-state index in [2.05, 4.69) is 19.2 Å². The summed E-state index contributed by atoms with van der Waals surface area (Å²) >= 11 is 0. The second-order valence-electron chi connectivity index (χ2n) is 6.27. The first-order valence-electron chi connectivity index (χ1n) is 7.56. The normalized spacial score (nSPS) is 13.9. The first-order valence-corrected chi connectivity index (χ1v) is 7.56. The fourth-order valence-electron chi connectivity index (χ4n) is 1.84. The SMILES string of the molecule is CC(C)OCCOCC(O)CNCC(C)(C)CCCO. The van der Waals surface area contributed by atoms with Crippen molar-refractivity contribution >= 4 is 0 Å². The largest absolute Gasteiger partial charge is 0.396 e. The maximum absolute atomic E-state index is 9.76. The highest BCUT2D eigenvalue weighted by Crippen LogP contribution is 2.20. The summed E-state index contributed by atoms with van der Waals surface area (Å²) in [6.45, 7) is 11.2. The van der Waals surface area contributed by atoms with Crippen LogP contribution < -0.4 is 5.32 Å². The van der Waals surface area contributed by atoms with Crippen molar-refractivity contribution in [3.63, 3.8) is 0 Å². The molecule has 0 spiro atoms. The van der Waals surface area contributed by atoms with Crippen LogP contribution in [0.5, 0.6) is 0 Å². The molecular weight excluding hydrogens is 258 g/mol. The van der Waals surface area contributed by atoms with Crippen LogP contribution in [0.25, 0.3) is 0 Å². The Morgan fingerprint density at radius 2 is 1.90 bits per heavy atom. The molecule has 1 atom stereocenters. The summed E-state index contributed by atoms with van der Waals surface area (Å²) < 4.78 is 10.7. The molecule has 0 saturated carbocycles. The van der Waals surface area contributed by atoms with Crippen LogP contribution in [0.15, 0.2) is 0 Å². The monoisotopic (exact) mass is 291 g/mol. The van der Waals surface area contributed by atoms with Gasteiger partial charge in [-0.25, -0.2) is 0 Å². The Balaban J connectivity index is 3.50. The topological polar surface area (TPSA) is 71.0 Å². The second-order valence-corrected chi connectivity index (χ2v) is 6.27. The number of aliphatic hydroxyl groups is 2. The smallest absolute Gasteiger partial charge is 0.0897 e. The summed E-state index contributed by atoms with van der Waals surface area (Å²) in [5, 5.41) is 21.8. The Bertz CT molecular complexity index is 222. The predicted molar refractivity (Wildman–Crippen MR) is 80.9 cm³/mol. The molecule has 0 rings (SSSR count). The van der Waals surface area contributed by atoms with Gasteiger partial charge in [0.1, 0.15) is 0 Å². The van der Waals surface area contributed by atoms with Crippen LogP contribution in [0, 0.1) is 5.41 Å². The van der Waals surface area contributed by atoms with Crippen LogP contribution in [-0.2, 0) is 9.47 Å². The maximum Gasteiger partial charge on any atom is 0.0897 e. The van der Waals surface area contributed by atoms with Crippen molar-refractivity contribution in [1.29, 1.82) is 0 Å². The molecule has 0 aliphatic heterocycles. The molecule has 0 aliphatic rings. The van der Waals surface area contributed by atoms with Gasteiger partial charge in [-0.05, 0) is 32.1 Å². The van der Waals surface area contributed by atoms with E-state index in [1.807, 2.05) is 13.8 Å². The van der Waals surface area contributed by atoms with Gasteiger partial charge in [0.2, 0.25) is 0 Å². The van der Waals surface area contributed by atoms with E-state index in [0.717, 1.165) is 19.4 Å². The van der Waals surface area contributed by atoms with Crippen molar-refractivity contribution in [3.05, 3.63) is 0 Å². The summed E-state index contributed by atoms with van der Waals surface area (Å²) in [7, 11) is 0. The molecule has 0 bridgehead atoms. The minimum absolute atomic E-state index is 0.133. The molecule has 5 nitrogen and oxygen atoms in total. The lowest BCUT2D eigenvalue weighted by Crippen LogP contribution is -2.36. The van der Waals surface area contributed by atoms with Gasteiger partial charge in [-0.3, -0.25) is 0 Å². The molecule has 3 N–H and O–H groups in total. The molecule has 0 fully saturated rings. The van der Waals surface area contributed by atoms with E-state index in [9.17, 15) is 5.11 Å². The Hall–Kier alpha value is -0.200. The lowest BCUT2D eigenvalue weighted by atomic mass is 9.88. The van der Waals surface area contributed by atoms with Crippen LogP contribution in [0.4, 0.5) is 0 Å². The van der Waals surface area contributed by atoms with Crippen molar-refractivity contribution in [2.24, 2.45) is 5.41 Å². The van der Waals surface area contributed by atoms with Crippen molar-refractivity contribution in [2.75, 3.05) is 39.5 Å². The zero-order valence-corrected chi connectivity index (χ0v) is 13.5. The summed E-state index contributed by atoms with van der Waals surface area (Å²) in [4.78, 5) is 0. The molecule has 0 amide bonds. The van der Waals surface area contributed by atoms with Gasteiger partial charge in [-0.1, -0.05) is 13.8 Å². The summed E-state index contributed by atoms with van der Waals surface area (Å²) in [6, 6.07) is 0. The predicted octanol–water partition coefficient (Wildman–Crippen LogP) is 1.18. The van der Waals surface area contributed by atoms with Crippen LogP contribution in [0.1, 0.15) is 40.5 Å². The van der Waals surface area contributed by atoms with Gasteiger partial charge in [0, 0.05) is 19.7 Å². The first-order chi connectivity index (χ1) is 9.37. The number of nitrogens with one attached hydrogen (secondary N) is 1. The van der Waals surface area contributed by atoms with Crippen LogP contribution in [-0.4, -0.2) is 61.9 Å². The van der Waals surface area contributed by atoms with E-state index < -0.39 is 6.10 Å². The molecule has 0 aromatic heterocycles. The quantitative estimate of drug-likeness (QED) is 0.445. The Morgan fingerprint density at radius 3 is 2.50 bits per heavy atom. The lowest BCUT2D eigenvalue weighted by molar-refractivity contribution is -0.0103. The lowest BCUT2D eigenvalue weighted by Gasteiger charge is -2.25. The average Bonchev–Trinajstić information content (AvgIpc) is 2.35. The molecule has 0 heterocycles. The minimum Gasteiger partial charge on any atom is -0.396 e. The highest BCUT2D eigenvalue weighted by molar-refractivity contribution is 4.72. The molecule has 0 aromatic rings. The first kappa shape index (κ1) is 19.8. The molecule has 5 heteroatoms. The zero-order valence-electron chi connectivity index (χ0n) is 13.5. The summed E-state index contributed by atoms with van der Waals surface area (Å²) in [5.41, 5.74) is 0.133. The van der Waals surface area contributed by atoms with Gasteiger partial charge >= 0.3 is 0 Å². The van der Waals surface area contributed by atoms with Crippen molar-refractivity contribution in [1.82, 2.24) is 5.32 Å². The summed E-state index contributed by atoms with van der Waals surface area (Å²) in [5.74, 6) is 0. The third kappa shape index (κ3) is 12.8. The minimum atomic E-state index is -0.498. The zero-order chi connectivity index (χ0) is 15.4. The Morgan fingerprint density at radius 1 is 1.20 bits per heavy atom. The van der Waals surface area contributed by atoms with Crippen molar-refractivity contribution in [2.45, 2.75) is 52.7 Å². The van der Waals surface area contributed by atoms with Crippen molar-refractivity contribution < 1.29 is 19.7 Å².